The molecule has 7 nitrogen and oxygen atoms in total. The van der Waals surface area contributed by atoms with Gasteiger partial charge in [0.1, 0.15) is 12.6 Å². The van der Waals surface area contributed by atoms with Crippen molar-refractivity contribution in [1.82, 2.24) is 10.2 Å². The lowest BCUT2D eigenvalue weighted by Crippen LogP contribution is -2.53. The quantitative estimate of drug-likeness (QED) is 0.285. The van der Waals surface area contributed by atoms with Gasteiger partial charge in [-0.05, 0) is 41.8 Å². The van der Waals surface area contributed by atoms with E-state index >= 15 is 0 Å². The van der Waals surface area contributed by atoms with Gasteiger partial charge in [0.25, 0.3) is 0 Å². The first-order valence-corrected chi connectivity index (χ1v) is 15.0. The minimum Gasteiger partial charge on any atom is -0.354 e. The Morgan fingerprint density at radius 2 is 1.65 bits per heavy atom. The molecular formula is C29H32ClF2N3O4S. The molecule has 0 aliphatic rings. The summed E-state index contributed by atoms with van der Waals surface area (Å²) in [5, 5.41) is 3.31. The van der Waals surface area contributed by atoms with Crippen molar-refractivity contribution in [2.75, 3.05) is 23.7 Å². The molecule has 0 heterocycles. The highest BCUT2D eigenvalue weighted by molar-refractivity contribution is 7.92. The fourth-order valence-corrected chi connectivity index (χ4v) is 5.20. The Labute approximate surface area is 238 Å². The molecule has 0 bridgehead atoms. The van der Waals surface area contributed by atoms with Crippen molar-refractivity contribution in [3.05, 3.63) is 101 Å². The summed E-state index contributed by atoms with van der Waals surface area (Å²) in [7, 11) is -4.10. The number of benzene rings is 3. The van der Waals surface area contributed by atoms with Gasteiger partial charge >= 0.3 is 0 Å². The van der Waals surface area contributed by atoms with Gasteiger partial charge in [-0.25, -0.2) is 17.2 Å². The number of sulfonamides is 1. The number of hydrogen-bond acceptors (Lipinski definition) is 4. The number of amides is 2. The summed E-state index contributed by atoms with van der Waals surface area (Å²) in [4.78, 5) is 28.7. The Hall–Kier alpha value is -3.50. The largest absolute Gasteiger partial charge is 0.354 e. The van der Waals surface area contributed by atoms with E-state index in [2.05, 4.69) is 5.32 Å². The smallest absolute Gasteiger partial charge is 0.244 e. The van der Waals surface area contributed by atoms with E-state index in [0.29, 0.717) is 27.5 Å². The molecule has 0 aromatic heterocycles. The number of rotatable bonds is 13. The molecular weight excluding hydrogens is 560 g/mol. The molecule has 0 saturated carbocycles. The summed E-state index contributed by atoms with van der Waals surface area (Å²) in [5.41, 5.74) is 1.20. The van der Waals surface area contributed by atoms with E-state index in [1.165, 1.54) is 4.90 Å². The molecule has 3 aromatic rings. The molecule has 0 saturated heterocycles. The maximum absolute atomic E-state index is 14.0. The molecule has 1 N–H and O–H groups in total. The Bertz CT molecular complexity index is 1420. The van der Waals surface area contributed by atoms with Crippen molar-refractivity contribution in [3.8, 4) is 0 Å². The number of anilines is 1. The predicted octanol–water partition coefficient (Wildman–Crippen LogP) is 4.94. The van der Waals surface area contributed by atoms with Gasteiger partial charge in [-0.1, -0.05) is 67.4 Å². The number of nitrogens with zero attached hydrogens (tertiary/aromatic N) is 2. The first-order chi connectivity index (χ1) is 19.0. The number of carbonyl (C=O) groups excluding carboxylic acids is 2. The summed E-state index contributed by atoms with van der Waals surface area (Å²) in [6.45, 7) is 1.61. The fraction of sp³-hybridized carbons (Fsp3) is 0.310. The third-order valence-electron chi connectivity index (χ3n) is 6.21. The lowest BCUT2D eigenvalue weighted by molar-refractivity contribution is -0.140. The summed E-state index contributed by atoms with van der Waals surface area (Å²) in [5.74, 6) is -3.52. The van der Waals surface area contributed by atoms with Crippen LogP contribution in [0.15, 0.2) is 72.8 Å². The van der Waals surface area contributed by atoms with Crippen molar-refractivity contribution in [3.63, 3.8) is 0 Å². The zero-order valence-corrected chi connectivity index (χ0v) is 23.9. The van der Waals surface area contributed by atoms with Gasteiger partial charge in [0.15, 0.2) is 11.6 Å². The summed E-state index contributed by atoms with van der Waals surface area (Å²) < 4.78 is 53.7. The number of nitrogens with one attached hydrogen (secondary N) is 1. The van der Waals surface area contributed by atoms with Crippen LogP contribution in [0.5, 0.6) is 0 Å². The molecule has 0 fully saturated rings. The molecule has 214 valence electrons. The topological polar surface area (TPSA) is 86.8 Å². The molecule has 0 unspecified atom stereocenters. The van der Waals surface area contributed by atoms with Crippen LogP contribution < -0.4 is 9.62 Å². The maximum atomic E-state index is 14.0. The number of halogens is 3. The van der Waals surface area contributed by atoms with Gasteiger partial charge in [0.2, 0.25) is 21.8 Å². The molecule has 0 spiro atoms. The van der Waals surface area contributed by atoms with Gasteiger partial charge in [0.05, 0.1) is 11.9 Å². The molecule has 3 rings (SSSR count). The second-order valence-electron chi connectivity index (χ2n) is 9.37. The zero-order chi connectivity index (χ0) is 29.3. The molecule has 1 atom stereocenters. The van der Waals surface area contributed by atoms with Crippen LogP contribution in [0.1, 0.15) is 30.9 Å². The zero-order valence-electron chi connectivity index (χ0n) is 22.3. The van der Waals surface area contributed by atoms with E-state index in [1.807, 2.05) is 37.3 Å². The minimum absolute atomic E-state index is 0.0481. The average Bonchev–Trinajstić information content (AvgIpc) is 2.91. The van der Waals surface area contributed by atoms with Crippen LogP contribution in [-0.2, 0) is 32.6 Å². The molecule has 0 radical (unpaired) electrons. The standard InChI is InChI=1S/C29H32ClF2N3O4S/c1-3-4-15-33-29(37)27(17-21-9-6-5-7-10-21)34(19-22-11-8-12-23(30)16-22)28(36)20-35(40(2,38)39)24-13-14-25(31)26(32)18-24/h5-14,16,18,27H,3-4,15,17,19-20H2,1-2H3,(H,33,37)/t27-/m1/s1. The number of carbonyl (C=O) groups is 2. The number of unbranched alkanes of at least 4 members (excludes halogenated alkanes) is 1. The fourth-order valence-electron chi connectivity index (χ4n) is 4.15. The molecule has 3 aromatic carbocycles. The Morgan fingerprint density at radius 1 is 0.950 bits per heavy atom. The summed E-state index contributed by atoms with van der Waals surface area (Å²) in [6, 6.07) is 17.5. The van der Waals surface area contributed by atoms with Gasteiger partial charge in [-0.15, -0.1) is 0 Å². The third kappa shape index (κ3) is 8.76. The van der Waals surface area contributed by atoms with E-state index in [4.69, 9.17) is 11.6 Å². The molecule has 40 heavy (non-hydrogen) atoms. The highest BCUT2D eigenvalue weighted by Gasteiger charge is 2.33. The van der Waals surface area contributed by atoms with Gasteiger partial charge in [0, 0.05) is 30.6 Å². The second kappa shape index (κ2) is 14.2. The van der Waals surface area contributed by atoms with Crippen molar-refractivity contribution >= 4 is 39.1 Å². The monoisotopic (exact) mass is 591 g/mol. The Morgan fingerprint density at radius 3 is 2.27 bits per heavy atom. The van der Waals surface area contributed by atoms with Crippen molar-refractivity contribution in [2.45, 2.75) is 38.8 Å². The lowest BCUT2D eigenvalue weighted by atomic mass is 10.0. The molecule has 0 aliphatic heterocycles. The minimum atomic E-state index is -4.10. The second-order valence-corrected chi connectivity index (χ2v) is 11.7. The normalized spacial score (nSPS) is 12.0. The molecule has 11 heteroatoms. The van der Waals surface area contributed by atoms with Gasteiger partial charge in [-0.3, -0.25) is 13.9 Å². The van der Waals surface area contributed by atoms with Gasteiger partial charge < -0.3 is 10.2 Å². The van der Waals surface area contributed by atoms with Crippen molar-refractivity contribution in [1.29, 1.82) is 0 Å². The van der Waals surface area contributed by atoms with Crippen LogP contribution >= 0.6 is 11.6 Å². The van der Waals surface area contributed by atoms with Crippen LogP contribution in [0, 0.1) is 11.6 Å². The van der Waals surface area contributed by atoms with E-state index in [0.717, 1.165) is 36.8 Å². The van der Waals surface area contributed by atoms with Crippen LogP contribution in [0.3, 0.4) is 0 Å². The van der Waals surface area contributed by atoms with E-state index in [9.17, 15) is 26.8 Å². The maximum Gasteiger partial charge on any atom is 0.244 e. The summed E-state index contributed by atoms with van der Waals surface area (Å²) in [6.07, 6.45) is 2.62. The van der Waals surface area contributed by atoms with Crippen molar-refractivity contribution in [2.24, 2.45) is 0 Å². The highest BCUT2D eigenvalue weighted by Crippen LogP contribution is 2.23. The SMILES string of the molecule is CCCCNC(=O)[C@@H](Cc1ccccc1)N(Cc1cccc(Cl)c1)C(=O)CN(c1ccc(F)c(F)c1)S(C)(=O)=O. The van der Waals surface area contributed by atoms with Gasteiger partial charge in [-0.2, -0.15) is 0 Å². The van der Waals surface area contributed by atoms with E-state index in [1.54, 1.807) is 24.3 Å². The number of hydrogen-bond donors (Lipinski definition) is 1. The first-order valence-electron chi connectivity index (χ1n) is 12.8. The van der Waals surface area contributed by atoms with Crippen LogP contribution in [-0.4, -0.2) is 50.5 Å². The van der Waals surface area contributed by atoms with E-state index in [-0.39, 0.29) is 18.7 Å². The third-order valence-corrected chi connectivity index (χ3v) is 7.59. The van der Waals surface area contributed by atoms with E-state index < -0.39 is 46.1 Å². The summed E-state index contributed by atoms with van der Waals surface area (Å²) >= 11 is 6.18. The van der Waals surface area contributed by atoms with Crippen LogP contribution in [0.2, 0.25) is 5.02 Å². The van der Waals surface area contributed by atoms with Crippen LogP contribution in [0.25, 0.3) is 0 Å². The predicted molar refractivity (Wildman–Crippen MR) is 152 cm³/mol. The first kappa shape index (κ1) is 31.0. The molecule has 2 amide bonds. The van der Waals surface area contributed by atoms with Crippen LogP contribution in [0.4, 0.5) is 14.5 Å². The Kier molecular flexibility index (Phi) is 11.0. The average molecular weight is 592 g/mol. The molecule has 0 aliphatic carbocycles. The lowest BCUT2D eigenvalue weighted by Gasteiger charge is -2.33. The Balaban J connectivity index is 2.04. The highest BCUT2D eigenvalue weighted by atomic mass is 35.5. The van der Waals surface area contributed by atoms with Crippen molar-refractivity contribution < 1.29 is 26.8 Å².